The lowest BCUT2D eigenvalue weighted by Crippen LogP contribution is -1.94. The van der Waals surface area contributed by atoms with E-state index in [-0.39, 0.29) is 5.75 Å². The highest BCUT2D eigenvalue weighted by atomic mass is 16.5. The van der Waals surface area contributed by atoms with Crippen molar-refractivity contribution in [2.24, 2.45) is 0 Å². The Morgan fingerprint density at radius 2 is 2.18 bits per heavy atom. The molecule has 0 atom stereocenters. The van der Waals surface area contributed by atoms with Gasteiger partial charge in [-0.15, -0.1) is 0 Å². The minimum absolute atomic E-state index is 0.0176. The Hall–Kier alpha value is -1.97. The Morgan fingerprint density at radius 3 is 2.71 bits per heavy atom. The first-order valence-corrected chi connectivity index (χ1v) is 5.40. The number of allylic oxidation sites excluding steroid dienone is 1. The average Bonchev–Trinajstić information content (AvgIpc) is 2.28. The summed E-state index contributed by atoms with van der Waals surface area (Å²) < 4.78 is 4.99. The van der Waals surface area contributed by atoms with Crippen molar-refractivity contribution in [1.29, 1.82) is 0 Å². The summed E-state index contributed by atoms with van der Waals surface area (Å²) >= 11 is 0. The standard InChI is InChI=1S/C13H16O4/c1-3-5-9(8-12(14)15)10-6-4-7-11(17-2)13(10)16/h4,6-8,16H,3,5H2,1-2H3,(H,14,15)/b9-8+. The van der Waals surface area contributed by atoms with Gasteiger partial charge in [-0.25, -0.2) is 4.79 Å². The molecule has 1 aromatic rings. The van der Waals surface area contributed by atoms with Gasteiger partial charge in [0.25, 0.3) is 0 Å². The average molecular weight is 236 g/mol. The van der Waals surface area contributed by atoms with Crippen LogP contribution in [-0.2, 0) is 4.79 Å². The van der Waals surface area contributed by atoms with Crippen molar-refractivity contribution >= 4 is 11.5 Å². The zero-order valence-electron chi connectivity index (χ0n) is 9.93. The van der Waals surface area contributed by atoms with E-state index in [9.17, 15) is 9.90 Å². The van der Waals surface area contributed by atoms with Gasteiger partial charge < -0.3 is 14.9 Å². The third-order valence-corrected chi connectivity index (χ3v) is 2.38. The number of phenols is 1. The van der Waals surface area contributed by atoms with E-state index in [1.165, 1.54) is 7.11 Å². The molecule has 0 saturated carbocycles. The number of hydrogen-bond donors (Lipinski definition) is 2. The van der Waals surface area contributed by atoms with E-state index < -0.39 is 5.97 Å². The molecule has 0 fully saturated rings. The number of carbonyl (C=O) groups is 1. The molecule has 0 unspecified atom stereocenters. The Kier molecular flexibility index (Phi) is 4.57. The molecule has 0 spiro atoms. The number of phenolic OH excluding ortho intramolecular Hbond substituents is 1. The van der Waals surface area contributed by atoms with Gasteiger partial charge in [-0.1, -0.05) is 25.5 Å². The van der Waals surface area contributed by atoms with Crippen LogP contribution < -0.4 is 4.74 Å². The van der Waals surface area contributed by atoms with E-state index in [4.69, 9.17) is 9.84 Å². The number of carboxylic acid groups (broad SMARTS) is 1. The summed E-state index contributed by atoms with van der Waals surface area (Å²) in [5.41, 5.74) is 1.10. The van der Waals surface area contributed by atoms with Gasteiger partial charge in [0.05, 0.1) is 7.11 Å². The maximum atomic E-state index is 10.7. The fourth-order valence-corrected chi connectivity index (χ4v) is 1.65. The summed E-state index contributed by atoms with van der Waals surface area (Å²) in [6.45, 7) is 1.95. The second kappa shape index (κ2) is 5.94. The topological polar surface area (TPSA) is 66.8 Å². The molecule has 0 radical (unpaired) electrons. The number of aliphatic carboxylic acids is 1. The summed E-state index contributed by atoms with van der Waals surface area (Å²) in [5, 5.41) is 18.7. The molecule has 1 aromatic carbocycles. The number of para-hydroxylation sites is 1. The maximum Gasteiger partial charge on any atom is 0.328 e. The van der Waals surface area contributed by atoms with Crippen LogP contribution in [0.1, 0.15) is 25.3 Å². The molecule has 0 amide bonds. The smallest absolute Gasteiger partial charge is 0.328 e. The SMILES string of the molecule is CCC/C(=C\C(=O)O)c1cccc(OC)c1O. The number of hydrogen-bond acceptors (Lipinski definition) is 3. The lowest BCUT2D eigenvalue weighted by molar-refractivity contribution is -0.131. The third kappa shape index (κ3) is 3.24. The fourth-order valence-electron chi connectivity index (χ4n) is 1.65. The number of rotatable bonds is 5. The van der Waals surface area contributed by atoms with Crippen molar-refractivity contribution in [2.75, 3.05) is 7.11 Å². The minimum Gasteiger partial charge on any atom is -0.504 e. The third-order valence-electron chi connectivity index (χ3n) is 2.38. The monoisotopic (exact) mass is 236 g/mol. The second-order valence-corrected chi connectivity index (χ2v) is 3.61. The molecule has 0 aliphatic carbocycles. The summed E-state index contributed by atoms with van der Waals surface area (Å²) in [6.07, 6.45) is 2.51. The summed E-state index contributed by atoms with van der Waals surface area (Å²) in [6, 6.07) is 5.03. The summed E-state index contributed by atoms with van der Waals surface area (Å²) in [5.74, 6) is -0.693. The van der Waals surface area contributed by atoms with E-state index in [0.29, 0.717) is 23.3 Å². The van der Waals surface area contributed by atoms with Crippen LogP contribution in [0.15, 0.2) is 24.3 Å². The van der Waals surface area contributed by atoms with Crippen molar-refractivity contribution in [2.45, 2.75) is 19.8 Å². The molecule has 17 heavy (non-hydrogen) atoms. The van der Waals surface area contributed by atoms with Crippen LogP contribution in [0, 0.1) is 0 Å². The van der Waals surface area contributed by atoms with Gasteiger partial charge in [0.1, 0.15) is 0 Å². The molecule has 0 aromatic heterocycles. The van der Waals surface area contributed by atoms with Crippen molar-refractivity contribution in [1.82, 2.24) is 0 Å². The van der Waals surface area contributed by atoms with Crippen LogP contribution in [0.3, 0.4) is 0 Å². The minimum atomic E-state index is -1.02. The molecular weight excluding hydrogens is 220 g/mol. The molecule has 2 N–H and O–H groups in total. The first-order chi connectivity index (χ1) is 8.10. The molecule has 4 nitrogen and oxygen atoms in total. The van der Waals surface area contributed by atoms with Gasteiger partial charge in [0.2, 0.25) is 0 Å². The molecule has 0 heterocycles. The lowest BCUT2D eigenvalue weighted by atomic mass is 9.99. The fraction of sp³-hybridized carbons (Fsp3) is 0.308. The lowest BCUT2D eigenvalue weighted by Gasteiger charge is -2.11. The molecule has 0 saturated heterocycles. The van der Waals surface area contributed by atoms with Crippen molar-refractivity contribution in [3.8, 4) is 11.5 Å². The largest absolute Gasteiger partial charge is 0.504 e. The summed E-state index contributed by atoms with van der Waals surface area (Å²) in [7, 11) is 1.46. The van der Waals surface area contributed by atoms with Gasteiger partial charge in [-0.05, 0) is 18.1 Å². The molecular formula is C13H16O4. The predicted octanol–water partition coefficient (Wildman–Crippen LogP) is 2.67. The number of aromatic hydroxyl groups is 1. The highest BCUT2D eigenvalue weighted by Crippen LogP contribution is 2.35. The van der Waals surface area contributed by atoms with Crippen LogP contribution in [0.5, 0.6) is 11.5 Å². The summed E-state index contributed by atoms with van der Waals surface area (Å²) in [4.78, 5) is 10.7. The zero-order valence-corrected chi connectivity index (χ0v) is 9.93. The Bertz CT molecular complexity index is 435. The van der Waals surface area contributed by atoms with E-state index >= 15 is 0 Å². The van der Waals surface area contributed by atoms with Crippen molar-refractivity contribution < 1.29 is 19.7 Å². The van der Waals surface area contributed by atoms with E-state index in [1.54, 1.807) is 18.2 Å². The van der Waals surface area contributed by atoms with Gasteiger partial charge in [0, 0.05) is 11.6 Å². The van der Waals surface area contributed by atoms with Crippen molar-refractivity contribution in [3.05, 3.63) is 29.8 Å². The number of carboxylic acids is 1. The maximum absolute atomic E-state index is 10.7. The molecule has 4 heteroatoms. The van der Waals surface area contributed by atoms with Crippen LogP contribution in [0.2, 0.25) is 0 Å². The van der Waals surface area contributed by atoms with Crippen LogP contribution >= 0.6 is 0 Å². The number of ether oxygens (including phenoxy) is 1. The number of methoxy groups -OCH3 is 1. The van der Waals surface area contributed by atoms with Crippen LogP contribution in [0.25, 0.3) is 5.57 Å². The molecule has 0 bridgehead atoms. The highest BCUT2D eigenvalue weighted by Gasteiger charge is 2.12. The van der Waals surface area contributed by atoms with E-state index in [1.807, 2.05) is 6.92 Å². The van der Waals surface area contributed by atoms with Gasteiger partial charge >= 0.3 is 5.97 Å². The van der Waals surface area contributed by atoms with Crippen LogP contribution in [-0.4, -0.2) is 23.3 Å². The zero-order chi connectivity index (χ0) is 12.8. The van der Waals surface area contributed by atoms with Gasteiger partial charge in [0.15, 0.2) is 11.5 Å². The first-order valence-electron chi connectivity index (χ1n) is 5.40. The molecule has 1 rings (SSSR count). The Balaban J connectivity index is 3.23. The van der Waals surface area contributed by atoms with Crippen LogP contribution in [0.4, 0.5) is 0 Å². The normalized spacial score (nSPS) is 11.3. The van der Waals surface area contributed by atoms with Gasteiger partial charge in [-0.3, -0.25) is 0 Å². The number of benzene rings is 1. The van der Waals surface area contributed by atoms with E-state index in [0.717, 1.165) is 12.5 Å². The quantitative estimate of drug-likeness (QED) is 0.771. The molecule has 92 valence electrons. The van der Waals surface area contributed by atoms with E-state index in [2.05, 4.69) is 0 Å². The predicted molar refractivity (Wildman–Crippen MR) is 65.2 cm³/mol. The highest BCUT2D eigenvalue weighted by molar-refractivity contribution is 5.91. The van der Waals surface area contributed by atoms with Gasteiger partial charge in [-0.2, -0.15) is 0 Å². The Morgan fingerprint density at radius 1 is 1.47 bits per heavy atom. The first kappa shape index (κ1) is 13.1. The van der Waals surface area contributed by atoms with Crippen molar-refractivity contribution in [3.63, 3.8) is 0 Å². The molecule has 0 aliphatic heterocycles. The molecule has 0 aliphatic rings. The second-order valence-electron chi connectivity index (χ2n) is 3.61. The Labute approximate surface area is 100 Å².